The quantitative estimate of drug-likeness (QED) is 0.376. The van der Waals surface area contributed by atoms with E-state index < -0.39 is 16.5 Å². The number of benzene rings is 1. The van der Waals surface area contributed by atoms with Crippen molar-refractivity contribution in [1.82, 2.24) is 10.2 Å². The molecule has 1 aromatic rings. The number of urea groups is 1. The second-order valence-corrected chi connectivity index (χ2v) is 5.16. The predicted octanol–water partition coefficient (Wildman–Crippen LogP) is 1.40. The Hall–Kier alpha value is -2.64. The Balaban J connectivity index is 2.27. The third kappa shape index (κ3) is 2.51. The van der Waals surface area contributed by atoms with E-state index in [1.165, 1.54) is 12.1 Å². The van der Waals surface area contributed by atoms with Gasteiger partial charge in [-0.05, 0) is 25.0 Å². The summed E-state index contributed by atoms with van der Waals surface area (Å²) in [7, 11) is 0. The van der Waals surface area contributed by atoms with E-state index in [2.05, 4.69) is 5.32 Å². The fourth-order valence-corrected chi connectivity index (χ4v) is 2.16. The molecular weight excluding hydrogens is 276 g/mol. The Morgan fingerprint density at radius 1 is 1.43 bits per heavy atom. The van der Waals surface area contributed by atoms with Gasteiger partial charge < -0.3 is 11.1 Å². The number of rotatable bonds is 4. The van der Waals surface area contributed by atoms with Crippen LogP contribution >= 0.6 is 0 Å². The number of carbonyl (C=O) groups excluding carboxylic acids is 2. The van der Waals surface area contributed by atoms with Crippen LogP contribution in [0.25, 0.3) is 0 Å². The number of nitrogen functional groups attached to an aromatic ring is 1. The number of anilines is 1. The molecule has 1 aliphatic heterocycles. The molecule has 0 saturated carbocycles. The van der Waals surface area contributed by atoms with Crippen molar-refractivity contribution in [3.63, 3.8) is 0 Å². The summed E-state index contributed by atoms with van der Waals surface area (Å²) >= 11 is 0. The van der Waals surface area contributed by atoms with Crippen LogP contribution in [0.2, 0.25) is 0 Å². The third-order valence-corrected chi connectivity index (χ3v) is 3.68. The van der Waals surface area contributed by atoms with E-state index in [4.69, 9.17) is 5.73 Å². The van der Waals surface area contributed by atoms with E-state index in [0.717, 1.165) is 4.90 Å². The summed E-state index contributed by atoms with van der Waals surface area (Å²) in [5.74, 6) is -0.338. The number of nitro benzene ring substituents is 1. The Kier molecular flexibility index (Phi) is 3.54. The number of nitrogens with two attached hydrogens (primary N) is 1. The summed E-state index contributed by atoms with van der Waals surface area (Å²) in [5, 5.41) is 13.5. The summed E-state index contributed by atoms with van der Waals surface area (Å²) in [4.78, 5) is 35.4. The normalized spacial score (nSPS) is 21.5. The van der Waals surface area contributed by atoms with Gasteiger partial charge in [-0.1, -0.05) is 13.0 Å². The van der Waals surface area contributed by atoms with Gasteiger partial charge >= 0.3 is 6.03 Å². The first-order valence-corrected chi connectivity index (χ1v) is 6.45. The zero-order chi connectivity index (χ0) is 15.8. The Labute approximate surface area is 121 Å². The van der Waals surface area contributed by atoms with Gasteiger partial charge in [0, 0.05) is 6.07 Å². The van der Waals surface area contributed by atoms with Crippen LogP contribution in [0.4, 0.5) is 16.2 Å². The Bertz CT molecular complexity index is 631. The number of nitrogens with zero attached hydrogens (tertiary/aromatic N) is 2. The van der Waals surface area contributed by atoms with E-state index in [1.807, 2.05) is 0 Å². The first kappa shape index (κ1) is 14.8. The van der Waals surface area contributed by atoms with Gasteiger partial charge in [-0.15, -0.1) is 0 Å². The van der Waals surface area contributed by atoms with Crippen LogP contribution in [-0.4, -0.2) is 27.3 Å². The fourth-order valence-electron chi connectivity index (χ4n) is 2.16. The molecule has 0 aromatic heterocycles. The minimum atomic E-state index is -0.920. The molecular formula is C13H16N4O4. The molecule has 0 bridgehead atoms. The summed E-state index contributed by atoms with van der Waals surface area (Å²) in [6, 6.07) is 3.73. The number of nitro groups is 1. The molecule has 8 heteroatoms. The zero-order valence-corrected chi connectivity index (χ0v) is 11.8. The molecule has 0 radical (unpaired) electrons. The molecule has 112 valence electrons. The lowest BCUT2D eigenvalue weighted by Gasteiger charge is -2.19. The van der Waals surface area contributed by atoms with Gasteiger partial charge in [-0.3, -0.25) is 19.8 Å². The number of nitrogens with one attached hydrogen (secondary N) is 1. The first-order valence-electron chi connectivity index (χ1n) is 6.45. The molecule has 1 fully saturated rings. The van der Waals surface area contributed by atoms with Gasteiger partial charge in [-0.25, -0.2) is 4.79 Å². The second-order valence-electron chi connectivity index (χ2n) is 5.16. The van der Waals surface area contributed by atoms with Gasteiger partial charge in [0.05, 0.1) is 11.5 Å². The lowest BCUT2D eigenvalue weighted by molar-refractivity contribution is -0.384. The van der Waals surface area contributed by atoms with Crippen LogP contribution in [0.3, 0.4) is 0 Å². The summed E-state index contributed by atoms with van der Waals surface area (Å²) < 4.78 is 0. The highest BCUT2D eigenvalue weighted by molar-refractivity contribution is 6.06. The lowest BCUT2D eigenvalue weighted by Crippen LogP contribution is -2.43. The maximum atomic E-state index is 12.2. The monoisotopic (exact) mass is 292 g/mol. The topological polar surface area (TPSA) is 119 Å². The highest BCUT2D eigenvalue weighted by atomic mass is 16.6. The van der Waals surface area contributed by atoms with Crippen molar-refractivity contribution in [2.24, 2.45) is 0 Å². The summed E-state index contributed by atoms with van der Waals surface area (Å²) in [6.45, 7) is 3.43. The van der Waals surface area contributed by atoms with Crippen molar-refractivity contribution in [2.75, 3.05) is 5.73 Å². The second kappa shape index (κ2) is 5.04. The van der Waals surface area contributed by atoms with Crippen molar-refractivity contribution >= 4 is 23.3 Å². The maximum absolute atomic E-state index is 12.2. The van der Waals surface area contributed by atoms with E-state index in [-0.39, 0.29) is 23.8 Å². The molecule has 0 spiro atoms. The van der Waals surface area contributed by atoms with E-state index in [9.17, 15) is 19.7 Å². The van der Waals surface area contributed by atoms with Crippen LogP contribution in [0.15, 0.2) is 18.2 Å². The van der Waals surface area contributed by atoms with Gasteiger partial charge in [-0.2, -0.15) is 0 Å². The number of hydrogen-bond donors (Lipinski definition) is 2. The van der Waals surface area contributed by atoms with Crippen molar-refractivity contribution in [1.29, 1.82) is 0 Å². The lowest BCUT2D eigenvalue weighted by atomic mass is 9.99. The molecule has 1 unspecified atom stereocenters. The number of amides is 3. The van der Waals surface area contributed by atoms with Crippen LogP contribution in [-0.2, 0) is 11.3 Å². The van der Waals surface area contributed by atoms with Crippen LogP contribution in [0.1, 0.15) is 25.8 Å². The zero-order valence-electron chi connectivity index (χ0n) is 11.8. The van der Waals surface area contributed by atoms with Crippen LogP contribution in [0, 0.1) is 10.1 Å². The SMILES string of the molecule is CCC1(C)NC(=O)N(Cc2ccc(N)c([N+](=O)[O-])c2)C1=O. The van der Waals surface area contributed by atoms with E-state index in [0.29, 0.717) is 12.0 Å². The van der Waals surface area contributed by atoms with Gasteiger partial charge in [0.2, 0.25) is 0 Å². The summed E-state index contributed by atoms with van der Waals surface area (Å²) in [6.07, 6.45) is 0.468. The molecule has 1 aliphatic rings. The minimum absolute atomic E-state index is 0.0264. The fraction of sp³-hybridized carbons (Fsp3) is 0.385. The van der Waals surface area contributed by atoms with Crippen LogP contribution in [0.5, 0.6) is 0 Å². The molecule has 1 saturated heterocycles. The average Bonchev–Trinajstić information content (AvgIpc) is 2.64. The largest absolute Gasteiger partial charge is 0.393 e. The molecule has 2 rings (SSSR count). The predicted molar refractivity (Wildman–Crippen MR) is 75.3 cm³/mol. The number of hydrogen-bond acceptors (Lipinski definition) is 5. The molecule has 0 aliphatic carbocycles. The maximum Gasteiger partial charge on any atom is 0.325 e. The van der Waals surface area contributed by atoms with Crippen LogP contribution < -0.4 is 11.1 Å². The van der Waals surface area contributed by atoms with Crippen molar-refractivity contribution < 1.29 is 14.5 Å². The minimum Gasteiger partial charge on any atom is -0.393 e. The molecule has 1 heterocycles. The van der Waals surface area contributed by atoms with E-state index in [1.54, 1.807) is 19.9 Å². The summed E-state index contributed by atoms with van der Waals surface area (Å²) in [5.41, 5.74) is 4.87. The van der Waals surface area contributed by atoms with Crippen molar-refractivity contribution in [2.45, 2.75) is 32.4 Å². The smallest absolute Gasteiger partial charge is 0.325 e. The Morgan fingerprint density at radius 2 is 2.10 bits per heavy atom. The molecule has 1 atom stereocenters. The molecule has 3 amide bonds. The van der Waals surface area contributed by atoms with Gasteiger partial charge in [0.1, 0.15) is 11.2 Å². The number of imide groups is 1. The highest BCUT2D eigenvalue weighted by Gasteiger charge is 2.46. The Morgan fingerprint density at radius 3 is 2.62 bits per heavy atom. The van der Waals surface area contributed by atoms with Crippen molar-refractivity contribution in [3.8, 4) is 0 Å². The highest BCUT2D eigenvalue weighted by Crippen LogP contribution is 2.26. The molecule has 1 aromatic carbocycles. The first-order chi connectivity index (χ1) is 9.78. The van der Waals surface area contributed by atoms with Crippen molar-refractivity contribution in [3.05, 3.63) is 33.9 Å². The molecule has 8 nitrogen and oxygen atoms in total. The average molecular weight is 292 g/mol. The third-order valence-electron chi connectivity index (χ3n) is 3.68. The van der Waals surface area contributed by atoms with E-state index >= 15 is 0 Å². The van der Waals surface area contributed by atoms with Gasteiger partial charge in [0.25, 0.3) is 11.6 Å². The number of carbonyl (C=O) groups is 2. The molecule has 3 N–H and O–H groups in total. The molecule has 21 heavy (non-hydrogen) atoms. The van der Waals surface area contributed by atoms with Gasteiger partial charge in [0.15, 0.2) is 0 Å². The standard InChI is InChI=1S/C13H16N4O4/c1-3-13(2)11(18)16(12(19)15-13)7-8-4-5-9(14)10(6-8)17(20)21/h4-6H,3,7,14H2,1-2H3,(H,15,19).